The monoisotopic (exact) mass is 416 g/mol. The maximum Gasteiger partial charge on any atom is 0.279 e. The van der Waals surface area contributed by atoms with Gasteiger partial charge in [-0.15, -0.1) is 0 Å². The Balaban J connectivity index is 1.85. The molecule has 0 radical (unpaired) electrons. The summed E-state index contributed by atoms with van der Waals surface area (Å²) in [5, 5.41) is 5.62. The van der Waals surface area contributed by atoms with E-state index >= 15 is 0 Å². The van der Waals surface area contributed by atoms with E-state index in [1.54, 1.807) is 55.1 Å². The third kappa shape index (κ3) is 3.28. The second-order valence-corrected chi connectivity index (χ2v) is 7.20. The molecule has 2 N–H and O–H groups in total. The molecule has 0 saturated heterocycles. The van der Waals surface area contributed by atoms with Gasteiger partial charge in [0.05, 0.1) is 28.2 Å². The Kier molecular flexibility index (Phi) is 4.90. The van der Waals surface area contributed by atoms with Crippen LogP contribution in [-0.4, -0.2) is 15.3 Å². The largest absolute Gasteiger partial charge is 0.350 e. The Morgan fingerprint density at radius 1 is 0.839 bits per heavy atom. The number of aromatic nitrogens is 2. The molecule has 0 aliphatic carbocycles. The Morgan fingerprint density at radius 3 is 2.10 bits per heavy atom. The summed E-state index contributed by atoms with van der Waals surface area (Å²) in [5.41, 5.74) is 0.555. The summed E-state index contributed by atoms with van der Waals surface area (Å²) in [7, 11) is 1.72. The Labute approximate surface area is 177 Å². The van der Waals surface area contributed by atoms with Crippen molar-refractivity contribution >= 4 is 23.0 Å². The van der Waals surface area contributed by atoms with Gasteiger partial charge in [-0.25, -0.2) is 4.68 Å². The molecule has 1 heterocycles. The van der Waals surface area contributed by atoms with Crippen LogP contribution in [0.1, 0.15) is 12.6 Å². The van der Waals surface area contributed by atoms with Crippen LogP contribution >= 0.6 is 0 Å². The molecule has 0 saturated carbocycles. The van der Waals surface area contributed by atoms with Crippen molar-refractivity contribution in [1.82, 2.24) is 9.36 Å². The summed E-state index contributed by atoms with van der Waals surface area (Å²) in [6, 6.07) is 15.9. The highest BCUT2D eigenvalue weighted by Gasteiger charge is 2.29. The minimum atomic E-state index is -0.717. The van der Waals surface area contributed by atoms with E-state index in [9.17, 15) is 19.2 Å². The molecule has 31 heavy (non-hydrogen) atoms. The maximum atomic E-state index is 13.3. The summed E-state index contributed by atoms with van der Waals surface area (Å²) in [5.74, 6) is -0.274. The molecule has 4 aromatic rings. The van der Waals surface area contributed by atoms with Gasteiger partial charge >= 0.3 is 0 Å². The second kappa shape index (κ2) is 7.56. The minimum Gasteiger partial charge on any atom is -0.350 e. The number of carbonyl (C=O) groups excluding carboxylic acids is 1. The lowest BCUT2D eigenvalue weighted by atomic mass is 9.98. The predicted octanol–water partition coefficient (Wildman–Crippen LogP) is 2.45. The number of hydrogen-bond donors (Lipinski definition) is 2. The first-order valence-corrected chi connectivity index (χ1v) is 9.62. The fraction of sp³-hybridized carbons (Fsp3) is 0.130. The minimum absolute atomic E-state index is 0.0359. The quantitative estimate of drug-likeness (QED) is 0.487. The first-order chi connectivity index (χ1) is 14.8. The van der Waals surface area contributed by atoms with Crippen LogP contribution in [0, 0.1) is 6.92 Å². The van der Waals surface area contributed by atoms with Gasteiger partial charge in [-0.1, -0.05) is 30.3 Å². The van der Waals surface area contributed by atoms with E-state index in [2.05, 4.69) is 10.6 Å². The lowest BCUT2D eigenvalue weighted by Gasteiger charge is -2.15. The van der Waals surface area contributed by atoms with Crippen molar-refractivity contribution < 1.29 is 4.79 Å². The van der Waals surface area contributed by atoms with Crippen molar-refractivity contribution in [3.63, 3.8) is 0 Å². The van der Waals surface area contributed by atoms with Crippen LogP contribution < -0.4 is 27.1 Å². The average Bonchev–Trinajstić information content (AvgIpc) is 2.97. The first kappa shape index (κ1) is 20.1. The van der Waals surface area contributed by atoms with Gasteiger partial charge < -0.3 is 10.6 Å². The first-order valence-electron chi connectivity index (χ1n) is 9.62. The molecule has 0 fully saturated rings. The highest BCUT2D eigenvalue weighted by molar-refractivity contribution is 5.95. The number of carbonyl (C=O) groups is 1. The normalized spacial score (nSPS) is 10.9. The van der Waals surface area contributed by atoms with Crippen LogP contribution in [-0.2, 0) is 11.8 Å². The van der Waals surface area contributed by atoms with E-state index in [1.807, 2.05) is 18.2 Å². The number of benzene rings is 2. The van der Waals surface area contributed by atoms with Gasteiger partial charge in [0.2, 0.25) is 11.3 Å². The molecular formula is C23H20N4O4. The van der Waals surface area contributed by atoms with Crippen LogP contribution in [0.5, 0.6) is 0 Å². The van der Waals surface area contributed by atoms with Crippen LogP contribution in [0.4, 0.5) is 17.1 Å². The summed E-state index contributed by atoms with van der Waals surface area (Å²) < 4.78 is 3.11. The molecule has 0 bridgehead atoms. The molecule has 8 heteroatoms. The fourth-order valence-electron chi connectivity index (χ4n) is 3.63. The molecule has 0 aliphatic heterocycles. The average molecular weight is 416 g/mol. The van der Waals surface area contributed by atoms with E-state index in [1.165, 1.54) is 11.6 Å². The van der Waals surface area contributed by atoms with Crippen LogP contribution in [0.15, 0.2) is 69.0 Å². The summed E-state index contributed by atoms with van der Waals surface area (Å²) >= 11 is 0. The van der Waals surface area contributed by atoms with E-state index < -0.39 is 16.4 Å². The number of anilines is 3. The molecule has 0 unspecified atom stereocenters. The summed E-state index contributed by atoms with van der Waals surface area (Å²) in [4.78, 5) is 49.7. The van der Waals surface area contributed by atoms with Crippen molar-refractivity contribution in [2.45, 2.75) is 13.8 Å². The van der Waals surface area contributed by atoms with E-state index in [0.717, 1.165) is 0 Å². The van der Waals surface area contributed by atoms with Gasteiger partial charge in [-0.2, -0.15) is 0 Å². The van der Waals surface area contributed by atoms with E-state index in [0.29, 0.717) is 22.8 Å². The molecule has 1 aromatic heterocycles. The predicted molar refractivity (Wildman–Crippen MR) is 120 cm³/mol. The third-order valence-electron chi connectivity index (χ3n) is 5.21. The van der Waals surface area contributed by atoms with Crippen LogP contribution in [0.3, 0.4) is 0 Å². The highest BCUT2D eigenvalue weighted by atomic mass is 16.2. The van der Waals surface area contributed by atoms with Gasteiger partial charge in [0.1, 0.15) is 5.69 Å². The van der Waals surface area contributed by atoms with E-state index in [-0.39, 0.29) is 22.7 Å². The molecular weight excluding hydrogens is 396 g/mol. The van der Waals surface area contributed by atoms with Crippen molar-refractivity contribution in [1.29, 1.82) is 0 Å². The van der Waals surface area contributed by atoms with Crippen LogP contribution in [0.25, 0.3) is 16.8 Å². The van der Waals surface area contributed by atoms with E-state index in [4.69, 9.17) is 0 Å². The van der Waals surface area contributed by atoms with Gasteiger partial charge in [0, 0.05) is 19.7 Å². The SMILES string of the molecule is CC(=O)Nc1ccccc1Nc1c(-c2c(C)n(C)n(-c3ccccc3)c2=O)c(=O)c1=O. The molecule has 8 nitrogen and oxygen atoms in total. The molecule has 0 atom stereocenters. The number of hydrogen-bond acceptors (Lipinski definition) is 5. The Hall–Kier alpha value is -4.20. The third-order valence-corrected chi connectivity index (χ3v) is 5.21. The van der Waals surface area contributed by atoms with Crippen molar-refractivity contribution in [3.8, 4) is 16.8 Å². The van der Waals surface area contributed by atoms with Gasteiger partial charge in [0.15, 0.2) is 0 Å². The Bertz CT molecular complexity index is 1440. The van der Waals surface area contributed by atoms with Gasteiger partial charge in [0.25, 0.3) is 11.0 Å². The second-order valence-electron chi connectivity index (χ2n) is 7.20. The summed E-state index contributed by atoms with van der Waals surface area (Å²) in [6.07, 6.45) is 0. The molecule has 0 aliphatic rings. The highest BCUT2D eigenvalue weighted by Crippen LogP contribution is 2.30. The zero-order valence-corrected chi connectivity index (χ0v) is 17.2. The molecule has 3 aromatic carbocycles. The van der Waals surface area contributed by atoms with Crippen LogP contribution in [0.2, 0.25) is 0 Å². The zero-order chi connectivity index (χ0) is 22.3. The molecule has 156 valence electrons. The lowest BCUT2D eigenvalue weighted by Crippen LogP contribution is -2.37. The standard InChI is InChI=1S/C23H20N4O4/c1-13-18(23(31)27(26(13)3)15-9-5-4-6-10-15)19-20(22(30)21(19)29)25-17-12-8-7-11-16(17)24-14(2)28/h4-12,25H,1-3H3,(H,24,28). The summed E-state index contributed by atoms with van der Waals surface area (Å²) in [6.45, 7) is 3.10. The topological polar surface area (TPSA) is 102 Å². The molecule has 4 rings (SSSR count). The fourth-order valence-corrected chi connectivity index (χ4v) is 3.63. The smallest absolute Gasteiger partial charge is 0.279 e. The number of rotatable bonds is 5. The van der Waals surface area contributed by atoms with Crippen molar-refractivity contribution in [3.05, 3.63) is 91.1 Å². The number of para-hydroxylation sites is 3. The van der Waals surface area contributed by atoms with Crippen molar-refractivity contribution in [2.75, 3.05) is 10.6 Å². The number of nitrogens with one attached hydrogen (secondary N) is 2. The Morgan fingerprint density at radius 2 is 1.45 bits per heavy atom. The number of nitrogens with zero attached hydrogens (tertiary/aromatic N) is 2. The van der Waals surface area contributed by atoms with Gasteiger partial charge in [-0.05, 0) is 31.2 Å². The molecule has 1 amide bonds. The van der Waals surface area contributed by atoms with Gasteiger partial charge in [-0.3, -0.25) is 23.9 Å². The maximum absolute atomic E-state index is 13.3. The number of amides is 1. The molecule has 0 spiro atoms. The zero-order valence-electron chi connectivity index (χ0n) is 17.2. The van der Waals surface area contributed by atoms with Crippen molar-refractivity contribution in [2.24, 2.45) is 7.05 Å². The lowest BCUT2D eigenvalue weighted by molar-refractivity contribution is -0.114.